The van der Waals surface area contributed by atoms with Crippen LogP contribution in [0.4, 0.5) is 0 Å². The van der Waals surface area contributed by atoms with E-state index in [-0.39, 0.29) is 17.7 Å². The van der Waals surface area contributed by atoms with Gasteiger partial charge in [0.05, 0.1) is 32.1 Å². The number of benzene rings is 2. The van der Waals surface area contributed by atoms with Crippen molar-refractivity contribution in [3.63, 3.8) is 0 Å². The van der Waals surface area contributed by atoms with Gasteiger partial charge in [-0.05, 0) is 54.8 Å². The molecule has 3 aromatic rings. The van der Waals surface area contributed by atoms with E-state index in [9.17, 15) is 4.79 Å². The topological polar surface area (TPSA) is 86.9 Å². The zero-order valence-corrected chi connectivity index (χ0v) is 19.2. The second kappa shape index (κ2) is 9.74. The first-order chi connectivity index (χ1) is 16.2. The minimum atomic E-state index is 0.0350. The third kappa shape index (κ3) is 4.78. The molecule has 1 aromatic heterocycles. The number of likely N-dealkylation sites (tertiary alicyclic amines) is 1. The molecule has 3 heterocycles. The summed E-state index contributed by atoms with van der Waals surface area (Å²) < 4.78 is 22.5. The third-order valence-electron chi connectivity index (χ3n) is 5.79. The standard InChI is InChI=1S/C24H25N3O5S/c1-29-18-8-5-16(6-9-18)23-25-26-24(32-23)33-15-22(28)27-11-2-4-19(27)17-7-10-20-21(14-17)31-13-3-12-30-20/h5-10,14,19H,2-4,11-13,15H2,1H3. The van der Waals surface area contributed by atoms with E-state index in [1.165, 1.54) is 11.8 Å². The highest BCUT2D eigenvalue weighted by Crippen LogP contribution is 2.38. The van der Waals surface area contributed by atoms with E-state index in [1.807, 2.05) is 47.4 Å². The van der Waals surface area contributed by atoms with Gasteiger partial charge in [-0.2, -0.15) is 0 Å². The zero-order valence-electron chi connectivity index (χ0n) is 18.4. The Labute approximate surface area is 196 Å². The van der Waals surface area contributed by atoms with E-state index in [0.29, 0.717) is 24.3 Å². The predicted molar refractivity (Wildman–Crippen MR) is 123 cm³/mol. The van der Waals surface area contributed by atoms with Gasteiger partial charge >= 0.3 is 0 Å². The Morgan fingerprint density at radius 3 is 2.73 bits per heavy atom. The number of fused-ring (bicyclic) bond motifs is 1. The summed E-state index contributed by atoms with van der Waals surface area (Å²) in [5.74, 6) is 3.00. The Hall–Kier alpha value is -3.20. The lowest BCUT2D eigenvalue weighted by molar-refractivity contribution is -0.129. The quantitative estimate of drug-likeness (QED) is 0.494. The summed E-state index contributed by atoms with van der Waals surface area (Å²) >= 11 is 1.26. The molecule has 1 fully saturated rings. The Bertz CT molecular complexity index is 1120. The van der Waals surface area contributed by atoms with Gasteiger partial charge in [0.1, 0.15) is 5.75 Å². The number of nitrogens with zero attached hydrogens (tertiary/aromatic N) is 3. The van der Waals surface area contributed by atoms with Gasteiger partial charge in [0.15, 0.2) is 11.5 Å². The van der Waals surface area contributed by atoms with E-state index in [2.05, 4.69) is 10.2 Å². The van der Waals surface area contributed by atoms with Gasteiger partial charge in [0.25, 0.3) is 5.22 Å². The van der Waals surface area contributed by atoms with Crippen LogP contribution < -0.4 is 14.2 Å². The van der Waals surface area contributed by atoms with Crippen molar-refractivity contribution >= 4 is 17.7 Å². The van der Waals surface area contributed by atoms with Crippen molar-refractivity contribution in [2.45, 2.75) is 30.5 Å². The number of carbonyl (C=O) groups is 1. The van der Waals surface area contributed by atoms with Crippen molar-refractivity contribution in [2.75, 3.05) is 32.6 Å². The Kier molecular flexibility index (Phi) is 6.39. The number of aromatic nitrogens is 2. The number of hydrogen-bond donors (Lipinski definition) is 0. The van der Waals surface area contributed by atoms with Crippen molar-refractivity contribution in [1.29, 1.82) is 0 Å². The Morgan fingerprint density at radius 2 is 1.91 bits per heavy atom. The minimum absolute atomic E-state index is 0.0350. The van der Waals surface area contributed by atoms with Gasteiger partial charge in [-0.25, -0.2) is 0 Å². The van der Waals surface area contributed by atoms with Gasteiger partial charge in [-0.15, -0.1) is 10.2 Å². The SMILES string of the molecule is COc1ccc(-c2nnc(SCC(=O)N3CCCC3c3ccc4c(c3)OCCCO4)o2)cc1. The van der Waals surface area contributed by atoms with Gasteiger partial charge in [-0.3, -0.25) is 4.79 Å². The van der Waals surface area contributed by atoms with Crippen LogP contribution in [0.25, 0.3) is 11.5 Å². The van der Waals surface area contributed by atoms with Crippen molar-refractivity contribution in [1.82, 2.24) is 15.1 Å². The molecule has 33 heavy (non-hydrogen) atoms. The molecule has 1 atom stereocenters. The second-order valence-corrected chi connectivity index (χ2v) is 8.82. The number of methoxy groups -OCH3 is 1. The van der Waals surface area contributed by atoms with Gasteiger partial charge < -0.3 is 23.5 Å². The van der Waals surface area contributed by atoms with Crippen LogP contribution in [0, 0.1) is 0 Å². The molecule has 1 unspecified atom stereocenters. The number of carbonyl (C=O) groups excluding carboxylic acids is 1. The first kappa shape index (κ1) is 21.6. The molecule has 2 aliphatic rings. The van der Waals surface area contributed by atoms with Crippen LogP contribution in [0.1, 0.15) is 30.9 Å². The summed E-state index contributed by atoms with van der Waals surface area (Å²) in [5, 5.41) is 8.56. The fourth-order valence-electron chi connectivity index (χ4n) is 4.12. The molecular weight excluding hydrogens is 442 g/mol. The molecule has 5 rings (SSSR count). The number of amides is 1. The maximum Gasteiger partial charge on any atom is 0.277 e. The highest BCUT2D eigenvalue weighted by Gasteiger charge is 2.31. The van der Waals surface area contributed by atoms with E-state index in [4.69, 9.17) is 18.6 Å². The summed E-state index contributed by atoms with van der Waals surface area (Å²) in [4.78, 5) is 15.0. The number of ether oxygens (including phenoxy) is 3. The maximum absolute atomic E-state index is 13.0. The molecule has 0 aliphatic carbocycles. The molecule has 0 spiro atoms. The zero-order chi connectivity index (χ0) is 22.6. The van der Waals surface area contributed by atoms with Crippen LogP contribution in [0.15, 0.2) is 52.1 Å². The molecule has 9 heteroatoms. The normalized spacial score (nSPS) is 17.6. The van der Waals surface area contributed by atoms with Crippen molar-refractivity contribution in [3.05, 3.63) is 48.0 Å². The first-order valence-electron chi connectivity index (χ1n) is 11.0. The lowest BCUT2D eigenvalue weighted by Crippen LogP contribution is -2.32. The number of rotatable bonds is 6. The highest BCUT2D eigenvalue weighted by atomic mass is 32.2. The molecule has 8 nitrogen and oxygen atoms in total. The molecule has 172 valence electrons. The van der Waals surface area contributed by atoms with Crippen LogP contribution >= 0.6 is 11.8 Å². The molecule has 2 aliphatic heterocycles. The Morgan fingerprint density at radius 1 is 1.09 bits per heavy atom. The smallest absolute Gasteiger partial charge is 0.277 e. The fraction of sp³-hybridized carbons (Fsp3) is 0.375. The summed E-state index contributed by atoms with van der Waals surface area (Å²) in [6.07, 6.45) is 2.76. The molecule has 1 saturated heterocycles. The van der Waals surface area contributed by atoms with Crippen LogP contribution in [-0.2, 0) is 4.79 Å². The van der Waals surface area contributed by atoms with Gasteiger partial charge in [-0.1, -0.05) is 17.8 Å². The van der Waals surface area contributed by atoms with Gasteiger partial charge in [0.2, 0.25) is 11.8 Å². The van der Waals surface area contributed by atoms with Crippen LogP contribution in [0.2, 0.25) is 0 Å². The van der Waals surface area contributed by atoms with E-state index >= 15 is 0 Å². The second-order valence-electron chi connectivity index (χ2n) is 7.89. The van der Waals surface area contributed by atoms with Crippen molar-refractivity contribution in [2.24, 2.45) is 0 Å². The molecule has 0 radical (unpaired) electrons. The predicted octanol–water partition coefficient (Wildman–Crippen LogP) is 4.36. The molecule has 0 N–H and O–H groups in total. The largest absolute Gasteiger partial charge is 0.497 e. The minimum Gasteiger partial charge on any atom is -0.497 e. The highest BCUT2D eigenvalue weighted by molar-refractivity contribution is 7.99. The van der Waals surface area contributed by atoms with Crippen molar-refractivity contribution < 1.29 is 23.4 Å². The van der Waals surface area contributed by atoms with Crippen LogP contribution in [0.5, 0.6) is 17.2 Å². The molecule has 0 bridgehead atoms. The third-order valence-corrected chi connectivity index (χ3v) is 6.60. The van der Waals surface area contributed by atoms with Crippen LogP contribution in [-0.4, -0.2) is 53.6 Å². The summed E-state index contributed by atoms with van der Waals surface area (Å²) in [6.45, 7) is 2.04. The van der Waals surface area contributed by atoms with E-state index < -0.39 is 0 Å². The fourth-order valence-corrected chi connectivity index (χ4v) is 4.77. The first-order valence-corrected chi connectivity index (χ1v) is 12.0. The lowest BCUT2D eigenvalue weighted by Gasteiger charge is -2.25. The molecular formula is C24H25N3O5S. The van der Waals surface area contributed by atoms with Crippen molar-refractivity contribution in [3.8, 4) is 28.7 Å². The Balaban J connectivity index is 1.23. The van der Waals surface area contributed by atoms with Crippen LogP contribution in [0.3, 0.4) is 0 Å². The summed E-state index contributed by atoms with van der Waals surface area (Å²) in [5.41, 5.74) is 1.88. The summed E-state index contributed by atoms with van der Waals surface area (Å²) in [6, 6.07) is 13.4. The average Bonchev–Trinajstić information content (AvgIpc) is 3.48. The molecule has 2 aromatic carbocycles. The number of hydrogen-bond acceptors (Lipinski definition) is 8. The lowest BCUT2D eigenvalue weighted by atomic mass is 10.0. The summed E-state index contributed by atoms with van der Waals surface area (Å²) in [7, 11) is 1.62. The maximum atomic E-state index is 13.0. The van der Waals surface area contributed by atoms with Gasteiger partial charge in [0, 0.05) is 18.5 Å². The van der Waals surface area contributed by atoms with E-state index in [1.54, 1.807) is 7.11 Å². The molecule has 1 amide bonds. The molecule has 0 saturated carbocycles. The average molecular weight is 468 g/mol. The number of thioether (sulfide) groups is 1. The monoisotopic (exact) mass is 467 g/mol. The van der Waals surface area contributed by atoms with E-state index in [0.717, 1.165) is 54.2 Å².